The highest BCUT2D eigenvalue weighted by molar-refractivity contribution is 5.67. The van der Waals surface area contributed by atoms with Crippen LogP contribution >= 0.6 is 0 Å². The highest BCUT2D eigenvalue weighted by atomic mass is 19.2. The first-order valence-electron chi connectivity index (χ1n) is 7.47. The summed E-state index contributed by atoms with van der Waals surface area (Å²) in [6.07, 6.45) is -2.02. The summed E-state index contributed by atoms with van der Waals surface area (Å²) in [6.45, 7) is 8.97. The molecule has 0 radical (unpaired) electrons. The van der Waals surface area contributed by atoms with E-state index in [2.05, 4.69) is 6.58 Å². The van der Waals surface area contributed by atoms with Crippen LogP contribution in [0.25, 0.3) is 0 Å². The van der Waals surface area contributed by atoms with E-state index in [-0.39, 0.29) is 18.6 Å². The van der Waals surface area contributed by atoms with E-state index >= 15 is 0 Å². The summed E-state index contributed by atoms with van der Waals surface area (Å²) >= 11 is 0. The second-order valence-corrected chi connectivity index (χ2v) is 6.86. The maximum Gasteiger partial charge on any atom is 0.408 e. The molecule has 1 N–H and O–H groups in total. The van der Waals surface area contributed by atoms with Gasteiger partial charge in [0, 0.05) is 17.2 Å². The third-order valence-electron chi connectivity index (χ3n) is 3.92. The van der Waals surface area contributed by atoms with Gasteiger partial charge in [-0.3, -0.25) is 4.90 Å². The Morgan fingerprint density at radius 2 is 1.83 bits per heavy atom. The van der Waals surface area contributed by atoms with Crippen LogP contribution in [0.1, 0.15) is 38.9 Å². The summed E-state index contributed by atoms with van der Waals surface area (Å²) in [5.41, 5.74) is -0.359. The summed E-state index contributed by atoms with van der Waals surface area (Å²) in [5, 5.41) is 9.59. The first-order chi connectivity index (χ1) is 11.0. The normalized spacial score (nSPS) is 21.7. The highest BCUT2D eigenvalue weighted by Crippen LogP contribution is 2.38. The molecule has 0 aliphatic carbocycles. The van der Waals surface area contributed by atoms with Gasteiger partial charge in [-0.15, -0.1) is 0 Å². The van der Waals surface area contributed by atoms with E-state index < -0.39 is 41.2 Å². The molecule has 0 unspecified atom stereocenters. The number of nitrogens with zero attached hydrogens (tertiary/aromatic N) is 1. The van der Waals surface area contributed by atoms with Gasteiger partial charge in [0.15, 0.2) is 11.6 Å². The van der Waals surface area contributed by atoms with Crippen LogP contribution in [0.5, 0.6) is 0 Å². The average molecular weight is 343 g/mol. The Labute approximate surface area is 138 Å². The third kappa shape index (κ3) is 3.56. The second-order valence-electron chi connectivity index (χ2n) is 6.86. The van der Waals surface area contributed by atoms with Crippen LogP contribution in [-0.2, 0) is 4.74 Å². The molecule has 1 saturated heterocycles. The monoisotopic (exact) mass is 343 g/mol. The predicted molar refractivity (Wildman–Crippen MR) is 82.2 cm³/mol. The van der Waals surface area contributed by atoms with Crippen LogP contribution < -0.4 is 0 Å². The lowest BCUT2D eigenvalue weighted by atomic mass is 9.89. The molecule has 0 aromatic heterocycles. The van der Waals surface area contributed by atoms with Gasteiger partial charge < -0.3 is 9.84 Å². The number of halogens is 3. The van der Waals surface area contributed by atoms with Crippen LogP contribution in [0.3, 0.4) is 0 Å². The number of hydrogen-bond donors (Lipinski definition) is 1. The number of carboxylic acid groups (broad SMARTS) is 1. The molecular weight excluding hydrogens is 323 g/mol. The van der Waals surface area contributed by atoms with Crippen molar-refractivity contribution in [2.45, 2.75) is 44.9 Å². The van der Waals surface area contributed by atoms with E-state index in [0.717, 1.165) is 11.0 Å². The quantitative estimate of drug-likeness (QED) is 0.644. The molecule has 1 heterocycles. The van der Waals surface area contributed by atoms with E-state index in [9.17, 15) is 23.1 Å². The fourth-order valence-electron chi connectivity index (χ4n) is 2.99. The molecule has 4 nitrogen and oxygen atoms in total. The Morgan fingerprint density at radius 1 is 1.25 bits per heavy atom. The van der Waals surface area contributed by atoms with Gasteiger partial charge in [-0.2, -0.15) is 0 Å². The molecule has 132 valence electrons. The van der Waals surface area contributed by atoms with Crippen molar-refractivity contribution in [3.8, 4) is 0 Å². The van der Waals surface area contributed by atoms with Crippen LogP contribution in [0, 0.1) is 17.5 Å². The van der Waals surface area contributed by atoms with Gasteiger partial charge in [-0.05, 0) is 38.8 Å². The van der Waals surface area contributed by atoms with Gasteiger partial charge >= 0.3 is 6.09 Å². The smallest absolute Gasteiger partial charge is 0.408 e. The van der Waals surface area contributed by atoms with Gasteiger partial charge in [0.2, 0.25) is 0 Å². The zero-order valence-electron chi connectivity index (χ0n) is 13.8. The van der Waals surface area contributed by atoms with Crippen molar-refractivity contribution in [3.05, 3.63) is 47.3 Å². The van der Waals surface area contributed by atoms with Gasteiger partial charge in [0.05, 0.1) is 12.6 Å². The topological polar surface area (TPSA) is 49.8 Å². The van der Waals surface area contributed by atoms with Crippen LogP contribution in [-0.4, -0.2) is 34.3 Å². The van der Waals surface area contributed by atoms with Crippen molar-refractivity contribution < 1.29 is 27.8 Å². The number of rotatable bonds is 2. The van der Waals surface area contributed by atoms with E-state index in [1.165, 1.54) is 0 Å². The zero-order valence-corrected chi connectivity index (χ0v) is 13.8. The number of amides is 1. The summed E-state index contributed by atoms with van der Waals surface area (Å²) in [7, 11) is 0. The molecule has 0 bridgehead atoms. The highest BCUT2D eigenvalue weighted by Gasteiger charge is 2.42. The second kappa shape index (κ2) is 6.47. The Bertz CT molecular complexity index is 670. The molecule has 0 saturated carbocycles. The molecule has 1 fully saturated rings. The van der Waals surface area contributed by atoms with Crippen LogP contribution in [0.2, 0.25) is 0 Å². The van der Waals surface area contributed by atoms with Crippen molar-refractivity contribution >= 4 is 6.09 Å². The van der Waals surface area contributed by atoms with Gasteiger partial charge in [0.1, 0.15) is 11.9 Å². The van der Waals surface area contributed by atoms with E-state index in [1.54, 1.807) is 20.8 Å². The van der Waals surface area contributed by atoms with Crippen LogP contribution in [0.4, 0.5) is 18.0 Å². The Balaban J connectivity index is 2.52. The Hall–Kier alpha value is -2.02. The molecule has 2 rings (SSSR count). The molecule has 24 heavy (non-hydrogen) atoms. The number of hydrogen-bond acceptors (Lipinski definition) is 2. The first kappa shape index (κ1) is 18.3. The van der Waals surface area contributed by atoms with Gasteiger partial charge in [-0.25, -0.2) is 18.0 Å². The van der Waals surface area contributed by atoms with Crippen molar-refractivity contribution in [1.29, 1.82) is 0 Å². The predicted octanol–water partition coefficient (Wildman–Crippen LogP) is 4.27. The largest absolute Gasteiger partial charge is 0.465 e. The van der Waals surface area contributed by atoms with Gasteiger partial charge in [0.25, 0.3) is 0 Å². The summed E-state index contributed by atoms with van der Waals surface area (Å²) < 4.78 is 46.5. The molecule has 7 heteroatoms. The van der Waals surface area contributed by atoms with Crippen molar-refractivity contribution in [1.82, 2.24) is 4.90 Å². The number of benzene rings is 1. The maximum absolute atomic E-state index is 14.2. The summed E-state index contributed by atoms with van der Waals surface area (Å²) in [5.74, 6) is -3.50. The molecule has 1 aliphatic heterocycles. The van der Waals surface area contributed by atoms with E-state index in [1.807, 2.05) is 0 Å². The lowest BCUT2D eigenvalue weighted by Gasteiger charge is -2.45. The maximum atomic E-state index is 14.2. The SMILES string of the molecule is C=C1CO[C@H](c2cc(F)c(F)cc2F)[C@@H](N(C(=O)O)C(C)(C)C)C1. The van der Waals surface area contributed by atoms with Crippen molar-refractivity contribution in [3.63, 3.8) is 0 Å². The van der Waals surface area contributed by atoms with Gasteiger partial charge in [-0.1, -0.05) is 6.58 Å². The summed E-state index contributed by atoms with van der Waals surface area (Å²) in [6, 6.07) is 0.360. The first-order valence-corrected chi connectivity index (χ1v) is 7.47. The van der Waals surface area contributed by atoms with E-state index in [0.29, 0.717) is 11.6 Å². The molecule has 1 aromatic rings. The molecule has 2 atom stereocenters. The third-order valence-corrected chi connectivity index (χ3v) is 3.92. The minimum absolute atomic E-state index is 0.0944. The molecule has 0 spiro atoms. The standard InChI is InChI=1S/C17H20F3NO3/c1-9-5-14(21(16(22)23)17(2,3)4)15(24-8-9)10-6-12(19)13(20)7-11(10)18/h6-7,14-15H,1,5,8H2,2-4H3,(H,22,23)/t14-,15+/m0/s1. The molecule has 1 amide bonds. The fourth-order valence-corrected chi connectivity index (χ4v) is 2.99. The van der Waals surface area contributed by atoms with E-state index in [4.69, 9.17) is 4.74 Å². The zero-order chi connectivity index (χ0) is 18.2. The number of carbonyl (C=O) groups is 1. The lowest BCUT2D eigenvalue weighted by Crippen LogP contribution is -2.55. The lowest BCUT2D eigenvalue weighted by molar-refractivity contribution is -0.0494. The Morgan fingerprint density at radius 3 is 2.38 bits per heavy atom. The van der Waals surface area contributed by atoms with Crippen LogP contribution in [0.15, 0.2) is 24.3 Å². The fraction of sp³-hybridized carbons (Fsp3) is 0.471. The summed E-state index contributed by atoms with van der Waals surface area (Å²) in [4.78, 5) is 12.9. The molecular formula is C17H20F3NO3. The number of ether oxygens (including phenoxy) is 1. The average Bonchev–Trinajstić information content (AvgIpc) is 2.41. The van der Waals surface area contributed by atoms with Crippen molar-refractivity contribution in [2.75, 3.05) is 6.61 Å². The Kier molecular flexibility index (Phi) is 4.94. The molecule has 1 aliphatic rings. The molecule has 1 aromatic carbocycles. The van der Waals surface area contributed by atoms with Crippen molar-refractivity contribution in [2.24, 2.45) is 0 Å². The minimum Gasteiger partial charge on any atom is -0.465 e. The minimum atomic E-state index is -1.31.